The molecule has 0 aliphatic rings. The summed E-state index contributed by atoms with van der Waals surface area (Å²) in [5.74, 6) is 1.04. The molecular formula is C23H18ClN3O7. The van der Waals surface area contributed by atoms with Gasteiger partial charge < -0.3 is 23.9 Å². The molecule has 0 saturated carbocycles. The Morgan fingerprint density at radius 3 is 2.35 bits per heavy atom. The van der Waals surface area contributed by atoms with Gasteiger partial charge in [0.1, 0.15) is 5.52 Å². The highest BCUT2D eigenvalue weighted by Crippen LogP contribution is 2.41. The number of nitrogens with one attached hydrogen (secondary N) is 1. The molecule has 34 heavy (non-hydrogen) atoms. The second-order valence-electron chi connectivity index (χ2n) is 6.99. The van der Waals surface area contributed by atoms with Gasteiger partial charge in [0.2, 0.25) is 11.6 Å². The van der Waals surface area contributed by atoms with E-state index < -0.39 is 10.8 Å². The van der Waals surface area contributed by atoms with Crippen LogP contribution in [0.1, 0.15) is 10.4 Å². The SMILES string of the molecule is COc1cc(-c2nc3cc(NC(=O)c4cc([N+](=O)[O-])ccc4Cl)ccc3o2)cc(OC)c1OC. The summed E-state index contributed by atoms with van der Waals surface area (Å²) in [6.07, 6.45) is 0. The van der Waals surface area contributed by atoms with Crippen LogP contribution >= 0.6 is 11.6 Å². The van der Waals surface area contributed by atoms with Crippen LogP contribution < -0.4 is 19.5 Å². The molecule has 0 spiro atoms. The highest BCUT2D eigenvalue weighted by Gasteiger charge is 2.19. The van der Waals surface area contributed by atoms with Crippen molar-refractivity contribution in [1.82, 2.24) is 4.98 Å². The van der Waals surface area contributed by atoms with Crippen LogP contribution in [0.3, 0.4) is 0 Å². The van der Waals surface area contributed by atoms with Crippen LogP contribution in [0.25, 0.3) is 22.6 Å². The highest BCUT2D eigenvalue weighted by molar-refractivity contribution is 6.34. The van der Waals surface area contributed by atoms with E-state index in [-0.39, 0.29) is 16.3 Å². The van der Waals surface area contributed by atoms with Gasteiger partial charge in [0.05, 0.1) is 36.8 Å². The van der Waals surface area contributed by atoms with E-state index in [1.165, 1.54) is 33.5 Å². The summed E-state index contributed by atoms with van der Waals surface area (Å²) in [6.45, 7) is 0. The summed E-state index contributed by atoms with van der Waals surface area (Å²) in [4.78, 5) is 27.6. The molecule has 0 aliphatic carbocycles. The van der Waals surface area contributed by atoms with E-state index >= 15 is 0 Å². The average Bonchev–Trinajstić information content (AvgIpc) is 3.26. The Hall–Kier alpha value is -4.31. The molecule has 4 aromatic rings. The van der Waals surface area contributed by atoms with Gasteiger partial charge in [0.15, 0.2) is 17.1 Å². The third kappa shape index (κ3) is 4.30. The van der Waals surface area contributed by atoms with Gasteiger partial charge in [-0.15, -0.1) is 0 Å². The van der Waals surface area contributed by atoms with Crippen molar-refractivity contribution in [3.8, 4) is 28.7 Å². The number of fused-ring (bicyclic) bond motifs is 1. The molecule has 0 bridgehead atoms. The van der Waals surface area contributed by atoms with E-state index in [9.17, 15) is 14.9 Å². The van der Waals surface area contributed by atoms with Gasteiger partial charge >= 0.3 is 0 Å². The number of halogens is 1. The fourth-order valence-electron chi connectivity index (χ4n) is 3.33. The molecule has 0 unspecified atom stereocenters. The predicted octanol–water partition coefficient (Wildman–Crippen LogP) is 5.33. The molecule has 3 aromatic carbocycles. The van der Waals surface area contributed by atoms with E-state index in [1.807, 2.05) is 0 Å². The van der Waals surface area contributed by atoms with Gasteiger partial charge in [-0.1, -0.05) is 11.6 Å². The number of rotatable bonds is 7. The summed E-state index contributed by atoms with van der Waals surface area (Å²) in [7, 11) is 4.53. The standard InChI is InChI=1S/C23H18ClN3O7/c1-31-19-8-12(9-20(32-2)21(19)33-3)23-26-17-10-13(4-7-18(17)34-23)25-22(28)15-11-14(27(29)30)5-6-16(15)24/h4-11H,1-3H3,(H,25,28). The summed E-state index contributed by atoms with van der Waals surface area (Å²) in [5, 5.41) is 13.8. The first-order valence-corrected chi connectivity index (χ1v) is 10.2. The number of oxazole rings is 1. The van der Waals surface area contributed by atoms with Crippen LogP contribution in [0, 0.1) is 10.1 Å². The van der Waals surface area contributed by atoms with Crippen molar-refractivity contribution >= 4 is 40.0 Å². The van der Waals surface area contributed by atoms with Crippen LogP contribution in [0.15, 0.2) is 52.9 Å². The van der Waals surface area contributed by atoms with Crippen LogP contribution in [-0.4, -0.2) is 37.1 Å². The number of methoxy groups -OCH3 is 3. The lowest BCUT2D eigenvalue weighted by molar-refractivity contribution is -0.384. The number of hydrogen-bond donors (Lipinski definition) is 1. The Morgan fingerprint density at radius 1 is 1.03 bits per heavy atom. The molecule has 0 radical (unpaired) electrons. The Morgan fingerprint density at radius 2 is 1.74 bits per heavy atom. The van der Waals surface area contributed by atoms with E-state index in [1.54, 1.807) is 30.3 Å². The van der Waals surface area contributed by atoms with Crippen molar-refractivity contribution in [3.63, 3.8) is 0 Å². The Balaban J connectivity index is 1.65. The Bertz CT molecular complexity index is 1390. The maximum Gasteiger partial charge on any atom is 0.270 e. The Kier molecular flexibility index (Phi) is 6.24. The number of aromatic nitrogens is 1. The zero-order valence-electron chi connectivity index (χ0n) is 18.2. The molecule has 1 heterocycles. The molecule has 1 amide bonds. The number of nitro benzene ring substituents is 1. The lowest BCUT2D eigenvalue weighted by Crippen LogP contribution is -2.12. The molecule has 174 valence electrons. The minimum Gasteiger partial charge on any atom is -0.493 e. The lowest BCUT2D eigenvalue weighted by Gasteiger charge is -2.12. The largest absolute Gasteiger partial charge is 0.493 e. The summed E-state index contributed by atoms with van der Waals surface area (Å²) < 4.78 is 22.0. The maximum absolute atomic E-state index is 12.7. The summed E-state index contributed by atoms with van der Waals surface area (Å²) in [5.41, 5.74) is 1.71. The molecular weight excluding hydrogens is 466 g/mol. The number of carbonyl (C=O) groups excluding carboxylic acids is 1. The predicted molar refractivity (Wildman–Crippen MR) is 125 cm³/mol. The number of carbonyl (C=O) groups is 1. The molecule has 11 heteroatoms. The molecule has 1 N–H and O–H groups in total. The monoisotopic (exact) mass is 483 g/mol. The summed E-state index contributed by atoms with van der Waals surface area (Å²) >= 11 is 6.06. The van der Waals surface area contributed by atoms with Gasteiger partial charge in [0.25, 0.3) is 11.6 Å². The van der Waals surface area contributed by atoms with Crippen LogP contribution in [0.2, 0.25) is 5.02 Å². The fraction of sp³-hybridized carbons (Fsp3) is 0.130. The first kappa shape index (κ1) is 22.9. The average molecular weight is 484 g/mol. The first-order chi connectivity index (χ1) is 16.3. The quantitative estimate of drug-likeness (QED) is 0.276. The van der Waals surface area contributed by atoms with Crippen molar-refractivity contribution in [2.24, 2.45) is 0 Å². The van der Waals surface area contributed by atoms with Crippen molar-refractivity contribution in [3.05, 3.63) is 69.2 Å². The van der Waals surface area contributed by atoms with Gasteiger partial charge in [-0.3, -0.25) is 14.9 Å². The fourth-order valence-corrected chi connectivity index (χ4v) is 3.54. The van der Waals surface area contributed by atoms with E-state index in [2.05, 4.69) is 10.3 Å². The van der Waals surface area contributed by atoms with Crippen molar-refractivity contribution in [1.29, 1.82) is 0 Å². The number of anilines is 1. The van der Waals surface area contributed by atoms with Gasteiger partial charge in [-0.2, -0.15) is 0 Å². The van der Waals surface area contributed by atoms with Gasteiger partial charge in [-0.05, 0) is 36.4 Å². The van der Waals surface area contributed by atoms with Crippen LogP contribution in [0.4, 0.5) is 11.4 Å². The molecule has 0 aliphatic heterocycles. The smallest absolute Gasteiger partial charge is 0.270 e. The zero-order valence-corrected chi connectivity index (χ0v) is 19.0. The molecule has 10 nitrogen and oxygen atoms in total. The second-order valence-corrected chi connectivity index (χ2v) is 7.40. The molecule has 1 aromatic heterocycles. The number of non-ortho nitro benzene ring substituents is 1. The minimum atomic E-state index is -0.598. The van der Waals surface area contributed by atoms with Gasteiger partial charge in [-0.25, -0.2) is 4.98 Å². The van der Waals surface area contributed by atoms with Crippen molar-refractivity contribution in [2.45, 2.75) is 0 Å². The topological polar surface area (TPSA) is 126 Å². The third-order valence-corrected chi connectivity index (χ3v) is 5.29. The molecule has 0 atom stereocenters. The normalized spacial score (nSPS) is 10.7. The number of benzene rings is 3. The Labute approximate surface area is 198 Å². The molecule has 0 saturated heterocycles. The maximum atomic E-state index is 12.7. The first-order valence-electron chi connectivity index (χ1n) is 9.81. The van der Waals surface area contributed by atoms with E-state index in [0.717, 1.165) is 6.07 Å². The number of ether oxygens (including phenoxy) is 3. The highest BCUT2D eigenvalue weighted by atomic mass is 35.5. The van der Waals surface area contributed by atoms with Crippen LogP contribution in [0.5, 0.6) is 17.2 Å². The molecule has 4 rings (SSSR count). The summed E-state index contributed by atoms with van der Waals surface area (Å²) in [6, 6.07) is 11.9. The number of amides is 1. The van der Waals surface area contributed by atoms with E-state index in [4.69, 9.17) is 30.2 Å². The number of hydrogen-bond acceptors (Lipinski definition) is 8. The number of nitro groups is 1. The van der Waals surface area contributed by atoms with E-state index in [0.29, 0.717) is 45.5 Å². The number of nitrogens with zero attached hydrogens (tertiary/aromatic N) is 2. The van der Waals surface area contributed by atoms with Crippen molar-refractivity contribution < 1.29 is 28.3 Å². The third-order valence-electron chi connectivity index (χ3n) is 4.96. The van der Waals surface area contributed by atoms with Crippen LogP contribution in [-0.2, 0) is 0 Å². The minimum absolute atomic E-state index is 0.0192. The van der Waals surface area contributed by atoms with Crippen molar-refractivity contribution in [2.75, 3.05) is 26.6 Å². The zero-order chi connectivity index (χ0) is 24.4. The molecule has 0 fully saturated rings. The second kappa shape index (κ2) is 9.28. The van der Waals surface area contributed by atoms with Gasteiger partial charge in [0, 0.05) is 23.4 Å². The lowest BCUT2D eigenvalue weighted by atomic mass is 10.1.